The van der Waals surface area contributed by atoms with Crippen molar-refractivity contribution in [1.29, 1.82) is 0 Å². The normalized spacial score (nSPS) is 22.8. The van der Waals surface area contributed by atoms with Crippen molar-refractivity contribution in [3.8, 4) is 0 Å². The predicted molar refractivity (Wildman–Crippen MR) is 113 cm³/mol. The number of benzene rings is 1. The summed E-state index contributed by atoms with van der Waals surface area (Å²) in [5, 5.41) is 0.817. The van der Waals surface area contributed by atoms with Gasteiger partial charge in [-0.2, -0.15) is 0 Å². The molecular formula is C24H30N2O3. The number of carbonyl (C=O) groups is 2. The Hall–Kier alpha value is -2.43. The summed E-state index contributed by atoms with van der Waals surface area (Å²) in [4.78, 5) is 33.0. The number of fused-ring (bicyclic) bond motifs is 2. The lowest BCUT2D eigenvalue weighted by atomic mass is 9.90. The molecule has 2 aliphatic rings. The van der Waals surface area contributed by atoms with Crippen molar-refractivity contribution < 1.29 is 14.3 Å². The molecule has 29 heavy (non-hydrogen) atoms. The van der Waals surface area contributed by atoms with Crippen LogP contribution < -0.4 is 0 Å². The minimum atomic E-state index is -0.795. The van der Waals surface area contributed by atoms with Crippen LogP contribution in [0, 0.1) is 0 Å². The molecule has 1 fully saturated rings. The molecule has 1 aromatic carbocycles. The number of ether oxygens (including phenoxy) is 1. The Morgan fingerprint density at radius 3 is 2.52 bits per heavy atom. The third-order valence-electron chi connectivity index (χ3n) is 6.45. The predicted octanol–water partition coefficient (Wildman–Crippen LogP) is 4.45. The van der Waals surface area contributed by atoms with E-state index in [1.165, 1.54) is 0 Å². The van der Waals surface area contributed by atoms with Gasteiger partial charge in [0.2, 0.25) is 0 Å². The highest BCUT2D eigenvalue weighted by Gasteiger charge is 2.34. The van der Waals surface area contributed by atoms with Gasteiger partial charge in [-0.1, -0.05) is 18.2 Å². The SMILES string of the molecule is C[C@@H]1CCC[C@H](C)N1C(=O)[C@@H](C)OC(=O)c1c2c(nc3ccccc13)CCCC2. The van der Waals surface area contributed by atoms with Crippen LogP contribution in [0.3, 0.4) is 0 Å². The molecule has 0 radical (unpaired) electrons. The zero-order valence-corrected chi connectivity index (χ0v) is 17.6. The zero-order valence-electron chi connectivity index (χ0n) is 17.6. The van der Waals surface area contributed by atoms with E-state index in [0.29, 0.717) is 5.56 Å². The highest BCUT2D eigenvalue weighted by molar-refractivity contribution is 6.05. The standard InChI is InChI=1S/C24H30N2O3/c1-15-9-8-10-16(2)26(15)23(27)17(3)29-24(28)22-18-11-4-6-13-20(18)25-21-14-7-5-12-19(21)22/h4,6,11,13,15-17H,5,7-10,12,14H2,1-3H3/t15-,16+,17-/m1/s1. The topological polar surface area (TPSA) is 59.5 Å². The molecule has 4 rings (SSSR count). The van der Waals surface area contributed by atoms with Crippen molar-refractivity contribution >= 4 is 22.8 Å². The first-order valence-corrected chi connectivity index (χ1v) is 10.9. The molecule has 0 bridgehead atoms. The summed E-state index contributed by atoms with van der Waals surface area (Å²) < 4.78 is 5.76. The number of carbonyl (C=O) groups excluding carboxylic acids is 2. The number of hydrogen-bond acceptors (Lipinski definition) is 4. The molecule has 3 atom stereocenters. The Labute approximate surface area is 172 Å². The van der Waals surface area contributed by atoms with Crippen molar-refractivity contribution in [2.24, 2.45) is 0 Å². The second kappa shape index (κ2) is 8.13. The van der Waals surface area contributed by atoms with Crippen LogP contribution in [0.1, 0.15) is 74.5 Å². The number of likely N-dealkylation sites (tertiary alicyclic amines) is 1. The molecule has 0 unspecified atom stereocenters. The van der Waals surface area contributed by atoms with Gasteiger partial charge in [0.1, 0.15) is 0 Å². The van der Waals surface area contributed by atoms with Crippen molar-refractivity contribution in [3.05, 3.63) is 41.1 Å². The molecule has 1 amide bonds. The van der Waals surface area contributed by atoms with E-state index >= 15 is 0 Å². The lowest BCUT2D eigenvalue weighted by Gasteiger charge is -2.40. The van der Waals surface area contributed by atoms with Crippen molar-refractivity contribution in [2.45, 2.75) is 83.9 Å². The molecule has 154 valence electrons. The van der Waals surface area contributed by atoms with Gasteiger partial charge in [0.15, 0.2) is 6.10 Å². The van der Waals surface area contributed by atoms with Crippen molar-refractivity contribution in [2.75, 3.05) is 0 Å². The molecule has 0 spiro atoms. The van der Waals surface area contributed by atoms with E-state index in [-0.39, 0.29) is 18.0 Å². The van der Waals surface area contributed by atoms with Gasteiger partial charge in [-0.25, -0.2) is 4.79 Å². The number of rotatable bonds is 3. The lowest BCUT2D eigenvalue weighted by Crippen LogP contribution is -2.51. The summed E-state index contributed by atoms with van der Waals surface area (Å²) >= 11 is 0. The van der Waals surface area contributed by atoms with Gasteiger partial charge < -0.3 is 9.64 Å². The third kappa shape index (κ3) is 3.75. The maximum Gasteiger partial charge on any atom is 0.339 e. The fourth-order valence-corrected chi connectivity index (χ4v) is 4.94. The first-order chi connectivity index (χ1) is 14.0. The molecule has 5 nitrogen and oxygen atoms in total. The van der Waals surface area contributed by atoms with Crippen LogP contribution in [0.15, 0.2) is 24.3 Å². The number of hydrogen-bond donors (Lipinski definition) is 0. The number of para-hydroxylation sites is 1. The molecule has 5 heteroatoms. The number of aryl methyl sites for hydroxylation is 1. The Morgan fingerprint density at radius 1 is 1.07 bits per heavy atom. The van der Waals surface area contributed by atoms with E-state index in [0.717, 1.165) is 67.1 Å². The summed E-state index contributed by atoms with van der Waals surface area (Å²) in [6, 6.07) is 8.08. The number of esters is 1. The van der Waals surface area contributed by atoms with Gasteiger partial charge in [0.05, 0.1) is 11.1 Å². The minimum Gasteiger partial charge on any atom is -0.449 e. The zero-order chi connectivity index (χ0) is 20.5. The van der Waals surface area contributed by atoms with Gasteiger partial charge in [0, 0.05) is 23.2 Å². The summed E-state index contributed by atoms with van der Waals surface area (Å²) in [5.74, 6) is -0.495. The molecule has 1 aliphatic carbocycles. The third-order valence-corrected chi connectivity index (χ3v) is 6.45. The van der Waals surface area contributed by atoms with E-state index in [9.17, 15) is 9.59 Å². The van der Waals surface area contributed by atoms with Crippen LogP contribution >= 0.6 is 0 Å². The number of aromatic nitrogens is 1. The molecule has 0 N–H and O–H groups in total. The number of pyridine rings is 1. The van der Waals surface area contributed by atoms with Gasteiger partial charge >= 0.3 is 5.97 Å². The average molecular weight is 395 g/mol. The molecular weight excluding hydrogens is 364 g/mol. The largest absolute Gasteiger partial charge is 0.449 e. The van der Waals surface area contributed by atoms with Crippen LogP contribution in [-0.4, -0.2) is 39.9 Å². The number of nitrogens with zero attached hydrogens (tertiary/aromatic N) is 2. The highest BCUT2D eigenvalue weighted by Crippen LogP contribution is 2.30. The van der Waals surface area contributed by atoms with E-state index < -0.39 is 12.1 Å². The molecule has 0 saturated carbocycles. The van der Waals surface area contributed by atoms with Gasteiger partial charge in [0.25, 0.3) is 5.91 Å². The van der Waals surface area contributed by atoms with Crippen molar-refractivity contribution in [1.82, 2.24) is 9.88 Å². The van der Waals surface area contributed by atoms with Crippen LogP contribution in [-0.2, 0) is 22.4 Å². The van der Waals surface area contributed by atoms with Gasteiger partial charge in [-0.05, 0) is 77.3 Å². The fraction of sp³-hybridized carbons (Fsp3) is 0.542. The van der Waals surface area contributed by atoms with Crippen LogP contribution in [0.25, 0.3) is 10.9 Å². The summed E-state index contributed by atoms with van der Waals surface area (Å²) in [5.41, 5.74) is 3.42. The van der Waals surface area contributed by atoms with Crippen LogP contribution in [0.2, 0.25) is 0 Å². The van der Waals surface area contributed by atoms with E-state index in [2.05, 4.69) is 13.8 Å². The average Bonchev–Trinajstić information content (AvgIpc) is 2.71. The summed E-state index contributed by atoms with van der Waals surface area (Å²) in [6.07, 6.45) is 6.19. The Bertz CT molecular complexity index is 929. The molecule has 1 saturated heterocycles. The van der Waals surface area contributed by atoms with E-state index in [4.69, 9.17) is 9.72 Å². The maximum absolute atomic E-state index is 13.3. The first kappa shape index (κ1) is 19.9. The molecule has 2 heterocycles. The maximum atomic E-state index is 13.3. The molecule has 2 aromatic rings. The number of amides is 1. The summed E-state index contributed by atoms with van der Waals surface area (Å²) in [6.45, 7) is 5.85. The van der Waals surface area contributed by atoms with Gasteiger partial charge in [-0.3, -0.25) is 9.78 Å². The highest BCUT2D eigenvalue weighted by atomic mass is 16.5. The smallest absolute Gasteiger partial charge is 0.339 e. The lowest BCUT2D eigenvalue weighted by molar-refractivity contribution is -0.146. The Morgan fingerprint density at radius 2 is 1.76 bits per heavy atom. The van der Waals surface area contributed by atoms with E-state index in [1.807, 2.05) is 29.2 Å². The van der Waals surface area contributed by atoms with Crippen molar-refractivity contribution in [3.63, 3.8) is 0 Å². The first-order valence-electron chi connectivity index (χ1n) is 10.9. The molecule has 1 aromatic heterocycles. The van der Waals surface area contributed by atoms with E-state index in [1.54, 1.807) is 6.92 Å². The Balaban J connectivity index is 1.63. The fourth-order valence-electron chi connectivity index (χ4n) is 4.94. The molecule has 1 aliphatic heterocycles. The summed E-state index contributed by atoms with van der Waals surface area (Å²) in [7, 11) is 0. The van der Waals surface area contributed by atoms with Crippen LogP contribution in [0.4, 0.5) is 0 Å². The second-order valence-corrected chi connectivity index (χ2v) is 8.56. The number of piperidine rings is 1. The van der Waals surface area contributed by atoms with Gasteiger partial charge in [-0.15, -0.1) is 0 Å². The minimum absolute atomic E-state index is 0.0923. The quantitative estimate of drug-likeness (QED) is 0.722. The second-order valence-electron chi connectivity index (χ2n) is 8.56. The monoisotopic (exact) mass is 394 g/mol. The van der Waals surface area contributed by atoms with Crippen LogP contribution in [0.5, 0.6) is 0 Å². The Kier molecular flexibility index (Phi) is 5.57.